The van der Waals surface area contributed by atoms with Crippen LogP contribution in [0.3, 0.4) is 0 Å². The minimum absolute atomic E-state index is 0.0431. The molecule has 20 heavy (non-hydrogen) atoms. The van der Waals surface area contributed by atoms with E-state index in [0.717, 1.165) is 22.5 Å². The van der Waals surface area contributed by atoms with Crippen molar-refractivity contribution in [1.82, 2.24) is 4.57 Å². The van der Waals surface area contributed by atoms with Gasteiger partial charge in [-0.3, -0.25) is 4.79 Å². The van der Waals surface area contributed by atoms with Gasteiger partial charge in [-0.15, -0.1) is 11.3 Å². The maximum absolute atomic E-state index is 12.1. The number of thiazole rings is 1. The Balaban J connectivity index is 2.78. The molecule has 0 bridgehead atoms. The molecule has 0 fully saturated rings. The van der Waals surface area contributed by atoms with Gasteiger partial charge in [0.05, 0.1) is 4.53 Å². The first kappa shape index (κ1) is 13.8. The Morgan fingerprint density at radius 1 is 1.35 bits per heavy atom. The van der Waals surface area contributed by atoms with E-state index in [-0.39, 0.29) is 11.1 Å². The largest absolute Gasteiger partial charge is 0.300 e. The maximum atomic E-state index is 12.1. The van der Waals surface area contributed by atoms with Crippen LogP contribution in [0.1, 0.15) is 11.1 Å². The van der Waals surface area contributed by atoms with Gasteiger partial charge in [-0.25, -0.2) is 0 Å². The molecule has 0 atom stereocenters. The van der Waals surface area contributed by atoms with Gasteiger partial charge < -0.3 is 4.57 Å². The van der Waals surface area contributed by atoms with Crippen molar-refractivity contribution >= 4 is 23.0 Å². The molecule has 0 saturated carbocycles. The van der Waals surface area contributed by atoms with Gasteiger partial charge in [-0.1, -0.05) is 29.8 Å². The molecule has 1 heterocycles. The van der Waals surface area contributed by atoms with E-state index < -0.39 is 0 Å². The minimum Gasteiger partial charge on any atom is -0.300 e. The Labute approximate surface area is 119 Å². The Morgan fingerprint density at radius 3 is 2.65 bits per heavy atom. The molecule has 0 aliphatic heterocycles. The molecule has 2 aromatic rings. The molecule has 4 nitrogen and oxygen atoms in total. The van der Waals surface area contributed by atoms with Gasteiger partial charge in [0.15, 0.2) is 5.57 Å². The van der Waals surface area contributed by atoms with Crippen molar-refractivity contribution in [2.45, 2.75) is 6.92 Å². The Morgan fingerprint density at radius 2 is 2.05 bits per heavy atom. The van der Waals surface area contributed by atoms with Crippen LogP contribution in [0, 0.1) is 29.6 Å². The summed E-state index contributed by atoms with van der Waals surface area (Å²) in [4.78, 5) is 12.1. The SMILES string of the molecule is Cc1cccc(C=c2sc(=C(C#N)C#N)n(C)c2=O)c1. The number of benzene rings is 1. The predicted molar refractivity (Wildman–Crippen MR) is 78.2 cm³/mol. The second-order valence-corrected chi connectivity index (χ2v) is 5.32. The van der Waals surface area contributed by atoms with Gasteiger partial charge >= 0.3 is 0 Å². The average molecular weight is 281 g/mol. The summed E-state index contributed by atoms with van der Waals surface area (Å²) in [5.74, 6) is 0. The van der Waals surface area contributed by atoms with Crippen molar-refractivity contribution in [2.24, 2.45) is 7.05 Å². The Kier molecular flexibility index (Phi) is 3.84. The van der Waals surface area contributed by atoms with Crippen LogP contribution in [-0.2, 0) is 7.05 Å². The number of nitrogens with zero attached hydrogens (tertiary/aromatic N) is 3. The fraction of sp³-hybridized carbons (Fsp3) is 0.133. The lowest BCUT2D eigenvalue weighted by atomic mass is 10.1. The number of aromatic nitrogens is 1. The minimum atomic E-state index is -0.200. The highest BCUT2D eigenvalue weighted by Crippen LogP contribution is 2.04. The molecule has 0 N–H and O–H groups in total. The molecule has 0 aliphatic rings. The molecular formula is C15H11N3OS. The summed E-state index contributed by atoms with van der Waals surface area (Å²) in [6.07, 6.45) is 1.77. The van der Waals surface area contributed by atoms with Gasteiger partial charge in [-0.05, 0) is 18.6 Å². The van der Waals surface area contributed by atoms with Gasteiger partial charge in [0, 0.05) is 7.05 Å². The fourth-order valence-electron chi connectivity index (χ4n) is 1.82. The lowest BCUT2D eigenvalue weighted by molar-refractivity contribution is 0.855. The molecule has 0 saturated heterocycles. The molecule has 1 aromatic carbocycles. The summed E-state index contributed by atoms with van der Waals surface area (Å²) >= 11 is 1.16. The summed E-state index contributed by atoms with van der Waals surface area (Å²) in [5.41, 5.74) is 1.78. The third-order valence-electron chi connectivity index (χ3n) is 2.80. The first-order valence-corrected chi connectivity index (χ1v) is 6.67. The van der Waals surface area contributed by atoms with E-state index in [4.69, 9.17) is 10.5 Å². The zero-order chi connectivity index (χ0) is 14.7. The predicted octanol–water partition coefficient (Wildman–Crippen LogP) is 0.782. The summed E-state index contributed by atoms with van der Waals surface area (Å²) in [5, 5.41) is 17.8. The van der Waals surface area contributed by atoms with Gasteiger partial charge in [0.2, 0.25) is 0 Å². The summed E-state index contributed by atoms with van der Waals surface area (Å²) in [6, 6.07) is 11.4. The molecule has 0 unspecified atom stereocenters. The topological polar surface area (TPSA) is 69.6 Å². The summed E-state index contributed by atoms with van der Waals surface area (Å²) in [6.45, 7) is 1.98. The molecule has 0 amide bonds. The monoisotopic (exact) mass is 281 g/mol. The number of aryl methyl sites for hydroxylation is 1. The zero-order valence-corrected chi connectivity index (χ0v) is 11.9. The number of rotatable bonds is 1. The van der Waals surface area contributed by atoms with E-state index in [1.165, 1.54) is 4.57 Å². The molecule has 0 radical (unpaired) electrons. The standard InChI is InChI=1S/C15H11N3OS/c1-10-4-3-5-11(6-10)7-13-14(19)18(2)15(20-13)12(8-16)9-17/h3-7H,1-2H3. The van der Waals surface area contributed by atoms with Crippen LogP contribution in [-0.4, -0.2) is 4.57 Å². The fourth-order valence-corrected chi connectivity index (χ4v) is 2.86. The molecule has 2 rings (SSSR count). The molecular weight excluding hydrogens is 270 g/mol. The second kappa shape index (κ2) is 5.56. The lowest BCUT2D eigenvalue weighted by Crippen LogP contribution is -2.29. The van der Waals surface area contributed by atoms with Crippen LogP contribution in [0.15, 0.2) is 29.1 Å². The normalized spacial score (nSPS) is 10.9. The van der Waals surface area contributed by atoms with Crippen LogP contribution < -0.4 is 14.8 Å². The quantitative estimate of drug-likeness (QED) is 0.775. The number of nitriles is 2. The van der Waals surface area contributed by atoms with Gasteiger partial charge in [0.25, 0.3) is 5.56 Å². The molecule has 1 aromatic heterocycles. The molecule has 5 heteroatoms. The van der Waals surface area contributed by atoms with Crippen LogP contribution in [0.25, 0.3) is 11.6 Å². The average Bonchev–Trinajstić information content (AvgIpc) is 2.69. The van der Waals surface area contributed by atoms with E-state index in [2.05, 4.69) is 0 Å². The van der Waals surface area contributed by atoms with Crippen molar-refractivity contribution in [3.63, 3.8) is 0 Å². The summed E-state index contributed by atoms with van der Waals surface area (Å²) < 4.78 is 2.24. The maximum Gasteiger partial charge on any atom is 0.268 e. The first-order chi connectivity index (χ1) is 9.56. The van der Waals surface area contributed by atoms with Crippen LogP contribution in [0.4, 0.5) is 0 Å². The van der Waals surface area contributed by atoms with Gasteiger partial charge in [0.1, 0.15) is 16.8 Å². The van der Waals surface area contributed by atoms with Crippen molar-refractivity contribution in [2.75, 3.05) is 0 Å². The number of hydrogen-bond acceptors (Lipinski definition) is 4. The Bertz CT molecular complexity index is 904. The van der Waals surface area contributed by atoms with Crippen LogP contribution in [0.2, 0.25) is 0 Å². The van der Waals surface area contributed by atoms with E-state index in [1.54, 1.807) is 13.1 Å². The third kappa shape index (κ3) is 2.54. The highest BCUT2D eigenvalue weighted by Gasteiger charge is 2.05. The van der Waals surface area contributed by atoms with Gasteiger partial charge in [-0.2, -0.15) is 10.5 Å². The summed E-state index contributed by atoms with van der Waals surface area (Å²) in [7, 11) is 1.57. The lowest BCUT2D eigenvalue weighted by Gasteiger charge is -1.93. The van der Waals surface area contributed by atoms with Crippen molar-refractivity contribution in [1.29, 1.82) is 10.5 Å². The van der Waals surface area contributed by atoms with Crippen molar-refractivity contribution in [3.05, 3.63) is 54.9 Å². The molecule has 0 spiro atoms. The van der Waals surface area contributed by atoms with Crippen LogP contribution >= 0.6 is 11.3 Å². The van der Waals surface area contributed by atoms with E-state index in [0.29, 0.717) is 9.20 Å². The van der Waals surface area contributed by atoms with E-state index >= 15 is 0 Å². The number of hydrogen-bond donors (Lipinski definition) is 0. The third-order valence-corrected chi connectivity index (χ3v) is 3.99. The Hall–Kier alpha value is -2.63. The van der Waals surface area contributed by atoms with Crippen molar-refractivity contribution in [3.8, 4) is 12.1 Å². The molecule has 0 aliphatic carbocycles. The first-order valence-electron chi connectivity index (χ1n) is 5.85. The van der Waals surface area contributed by atoms with Crippen LogP contribution in [0.5, 0.6) is 0 Å². The second-order valence-electron chi connectivity index (χ2n) is 4.29. The van der Waals surface area contributed by atoms with E-state index in [1.807, 2.05) is 43.3 Å². The highest BCUT2D eigenvalue weighted by molar-refractivity contribution is 7.07. The smallest absolute Gasteiger partial charge is 0.268 e. The van der Waals surface area contributed by atoms with E-state index in [9.17, 15) is 4.79 Å². The molecule has 98 valence electrons. The zero-order valence-electron chi connectivity index (χ0n) is 11.0. The highest BCUT2D eigenvalue weighted by atomic mass is 32.1. The van der Waals surface area contributed by atoms with Crippen molar-refractivity contribution < 1.29 is 0 Å².